The first-order valence-electron chi connectivity index (χ1n) is 7.85. The van der Waals surface area contributed by atoms with Crippen LogP contribution in [-0.2, 0) is 4.79 Å². The summed E-state index contributed by atoms with van der Waals surface area (Å²) in [5, 5.41) is 8.96. The summed E-state index contributed by atoms with van der Waals surface area (Å²) in [5.74, 6) is 0.344. The van der Waals surface area contributed by atoms with Crippen molar-refractivity contribution in [1.29, 1.82) is 0 Å². The minimum absolute atomic E-state index is 0.0748. The molecule has 114 valence electrons. The Morgan fingerprint density at radius 1 is 1.15 bits per heavy atom. The van der Waals surface area contributed by atoms with E-state index >= 15 is 0 Å². The van der Waals surface area contributed by atoms with Gasteiger partial charge in [0.15, 0.2) is 0 Å². The molecule has 5 nitrogen and oxygen atoms in total. The summed E-state index contributed by atoms with van der Waals surface area (Å²) in [6, 6.07) is -0.0748. The van der Waals surface area contributed by atoms with Gasteiger partial charge in [0.2, 0.25) is 0 Å². The van der Waals surface area contributed by atoms with E-state index in [-0.39, 0.29) is 12.6 Å². The van der Waals surface area contributed by atoms with Gasteiger partial charge in [0.1, 0.15) is 6.54 Å². The molecule has 2 amide bonds. The van der Waals surface area contributed by atoms with E-state index in [0.29, 0.717) is 12.5 Å². The number of nitrogens with zero attached hydrogens (tertiary/aromatic N) is 2. The van der Waals surface area contributed by atoms with Gasteiger partial charge in [-0.15, -0.1) is 0 Å². The molecule has 0 atom stereocenters. The Balaban J connectivity index is 1.85. The van der Waals surface area contributed by atoms with Crippen LogP contribution >= 0.6 is 0 Å². The summed E-state index contributed by atoms with van der Waals surface area (Å²) in [6.45, 7) is 4.21. The highest BCUT2D eigenvalue weighted by Crippen LogP contribution is 2.30. The number of hydrogen-bond donors (Lipinski definition) is 1. The highest BCUT2D eigenvalue weighted by Gasteiger charge is 2.31. The Morgan fingerprint density at radius 3 is 2.30 bits per heavy atom. The second kappa shape index (κ2) is 6.95. The van der Waals surface area contributed by atoms with Crippen molar-refractivity contribution in [2.24, 2.45) is 11.8 Å². The standard InChI is InChI=1S/C15H26N2O3/c1-2-3-12-6-8-16(9-7-12)15(20)17(11-14(18)19)10-13-4-5-13/h12-13H,2-11H2,1H3,(H,18,19). The van der Waals surface area contributed by atoms with Crippen LogP contribution in [0.3, 0.4) is 0 Å². The summed E-state index contributed by atoms with van der Waals surface area (Å²) in [7, 11) is 0. The smallest absolute Gasteiger partial charge is 0.323 e. The fourth-order valence-corrected chi connectivity index (χ4v) is 3.01. The molecule has 1 saturated heterocycles. The van der Waals surface area contributed by atoms with E-state index in [2.05, 4.69) is 6.92 Å². The molecule has 2 rings (SSSR count). The van der Waals surface area contributed by atoms with Crippen LogP contribution in [0.5, 0.6) is 0 Å². The van der Waals surface area contributed by atoms with Crippen molar-refractivity contribution in [2.75, 3.05) is 26.2 Å². The van der Waals surface area contributed by atoms with Crippen molar-refractivity contribution in [3.05, 3.63) is 0 Å². The predicted molar refractivity (Wildman–Crippen MR) is 76.5 cm³/mol. The predicted octanol–water partition coefficient (Wildman–Crippen LogP) is 2.42. The number of rotatable bonds is 6. The number of hydrogen-bond acceptors (Lipinski definition) is 2. The van der Waals surface area contributed by atoms with Crippen molar-refractivity contribution in [2.45, 2.75) is 45.4 Å². The number of piperidine rings is 1. The number of urea groups is 1. The Labute approximate surface area is 120 Å². The maximum absolute atomic E-state index is 12.5. The zero-order valence-electron chi connectivity index (χ0n) is 12.4. The zero-order chi connectivity index (χ0) is 14.5. The quantitative estimate of drug-likeness (QED) is 0.814. The fraction of sp³-hybridized carbons (Fsp3) is 0.867. The van der Waals surface area contributed by atoms with Gasteiger partial charge in [0.05, 0.1) is 0 Å². The average molecular weight is 282 g/mol. The van der Waals surface area contributed by atoms with E-state index in [4.69, 9.17) is 5.11 Å². The van der Waals surface area contributed by atoms with Gasteiger partial charge < -0.3 is 14.9 Å². The fourth-order valence-electron chi connectivity index (χ4n) is 3.01. The Bertz CT molecular complexity index is 347. The molecule has 1 aliphatic heterocycles. The first-order chi connectivity index (χ1) is 9.60. The Hall–Kier alpha value is -1.26. The van der Waals surface area contributed by atoms with Gasteiger partial charge in [-0.2, -0.15) is 0 Å². The summed E-state index contributed by atoms with van der Waals surface area (Å²) >= 11 is 0. The topological polar surface area (TPSA) is 60.9 Å². The van der Waals surface area contributed by atoms with Crippen LogP contribution in [0, 0.1) is 11.8 Å². The molecule has 0 aromatic heterocycles. The van der Waals surface area contributed by atoms with Gasteiger partial charge in [0.25, 0.3) is 0 Å². The molecule has 0 bridgehead atoms. The van der Waals surface area contributed by atoms with Gasteiger partial charge in [-0.05, 0) is 37.5 Å². The number of amides is 2. The molecule has 5 heteroatoms. The van der Waals surface area contributed by atoms with E-state index < -0.39 is 5.97 Å². The van der Waals surface area contributed by atoms with Crippen molar-refractivity contribution in [3.63, 3.8) is 0 Å². The van der Waals surface area contributed by atoms with Crippen molar-refractivity contribution >= 4 is 12.0 Å². The van der Waals surface area contributed by atoms with Gasteiger partial charge in [-0.1, -0.05) is 19.8 Å². The molecular weight excluding hydrogens is 256 g/mol. The van der Waals surface area contributed by atoms with Crippen LogP contribution in [0.4, 0.5) is 4.79 Å². The maximum Gasteiger partial charge on any atom is 0.323 e. The van der Waals surface area contributed by atoms with E-state index in [1.165, 1.54) is 17.7 Å². The van der Waals surface area contributed by atoms with Crippen LogP contribution in [0.2, 0.25) is 0 Å². The molecule has 1 heterocycles. The summed E-state index contributed by atoms with van der Waals surface area (Å²) in [4.78, 5) is 26.7. The largest absolute Gasteiger partial charge is 0.480 e. The molecule has 0 aromatic rings. The van der Waals surface area contributed by atoms with Crippen LogP contribution in [0.25, 0.3) is 0 Å². The lowest BCUT2D eigenvalue weighted by Gasteiger charge is -2.35. The number of carbonyl (C=O) groups is 2. The molecular formula is C15H26N2O3. The third-order valence-electron chi connectivity index (χ3n) is 4.35. The second-order valence-electron chi connectivity index (χ2n) is 6.22. The number of carbonyl (C=O) groups excluding carboxylic acids is 1. The highest BCUT2D eigenvalue weighted by atomic mass is 16.4. The molecule has 20 heavy (non-hydrogen) atoms. The van der Waals surface area contributed by atoms with Gasteiger partial charge in [0, 0.05) is 19.6 Å². The normalized spacial score (nSPS) is 19.9. The Kier molecular flexibility index (Phi) is 5.26. The molecule has 2 aliphatic rings. The molecule has 1 N–H and O–H groups in total. The minimum Gasteiger partial charge on any atom is -0.480 e. The van der Waals surface area contributed by atoms with Crippen LogP contribution < -0.4 is 0 Å². The molecule has 0 radical (unpaired) electrons. The summed E-state index contributed by atoms with van der Waals surface area (Å²) in [6.07, 6.45) is 6.81. The molecule has 0 aromatic carbocycles. The minimum atomic E-state index is -0.917. The molecule has 0 spiro atoms. The average Bonchev–Trinajstić information content (AvgIpc) is 3.22. The van der Waals surface area contributed by atoms with Gasteiger partial charge in [-0.3, -0.25) is 4.79 Å². The molecule has 1 saturated carbocycles. The number of likely N-dealkylation sites (tertiary alicyclic amines) is 1. The highest BCUT2D eigenvalue weighted by molar-refractivity contribution is 5.80. The lowest BCUT2D eigenvalue weighted by atomic mass is 9.93. The Morgan fingerprint density at radius 2 is 1.80 bits per heavy atom. The van der Waals surface area contributed by atoms with Crippen LogP contribution in [0.15, 0.2) is 0 Å². The first-order valence-corrected chi connectivity index (χ1v) is 7.85. The third-order valence-corrected chi connectivity index (χ3v) is 4.35. The number of carboxylic acid groups (broad SMARTS) is 1. The lowest BCUT2D eigenvalue weighted by molar-refractivity contribution is -0.137. The summed E-state index contributed by atoms with van der Waals surface area (Å²) < 4.78 is 0. The van der Waals surface area contributed by atoms with E-state index in [1.54, 1.807) is 0 Å². The van der Waals surface area contributed by atoms with Crippen LogP contribution in [-0.4, -0.2) is 53.1 Å². The van der Waals surface area contributed by atoms with Gasteiger partial charge in [-0.25, -0.2) is 4.79 Å². The maximum atomic E-state index is 12.5. The zero-order valence-corrected chi connectivity index (χ0v) is 12.4. The van der Waals surface area contributed by atoms with Crippen molar-refractivity contribution in [3.8, 4) is 0 Å². The summed E-state index contributed by atoms with van der Waals surface area (Å²) in [5.41, 5.74) is 0. The van der Waals surface area contributed by atoms with Crippen molar-refractivity contribution < 1.29 is 14.7 Å². The molecule has 0 unspecified atom stereocenters. The van der Waals surface area contributed by atoms with Gasteiger partial charge >= 0.3 is 12.0 Å². The van der Waals surface area contributed by atoms with Crippen molar-refractivity contribution in [1.82, 2.24) is 9.80 Å². The lowest BCUT2D eigenvalue weighted by Crippen LogP contribution is -2.48. The molecule has 2 fully saturated rings. The van der Waals surface area contributed by atoms with E-state index in [9.17, 15) is 9.59 Å². The second-order valence-corrected chi connectivity index (χ2v) is 6.22. The molecule has 1 aliphatic carbocycles. The van der Waals surface area contributed by atoms with E-state index in [0.717, 1.165) is 44.7 Å². The monoisotopic (exact) mass is 282 g/mol. The van der Waals surface area contributed by atoms with E-state index in [1.807, 2.05) is 4.90 Å². The number of aliphatic carboxylic acids is 1. The number of carboxylic acids is 1. The SMILES string of the molecule is CCCC1CCN(C(=O)N(CC(=O)O)CC2CC2)CC1. The van der Waals surface area contributed by atoms with Crippen LogP contribution in [0.1, 0.15) is 45.4 Å². The third kappa shape index (κ3) is 4.39. The first kappa shape index (κ1) is 15.1.